The fourth-order valence-electron chi connectivity index (χ4n) is 1.68. The van der Waals surface area contributed by atoms with Crippen LogP contribution in [0.5, 0.6) is 0 Å². The second kappa shape index (κ2) is 7.99. The molecule has 0 spiro atoms. The van der Waals surface area contributed by atoms with Crippen molar-refractivity contribution in [2.45, 2.75) is 31.3 Å². The van der Waals surface area contributed by atoms with E-state index in [1.165, 1.54) is 7.11 Å². The average Bonchev–Trinajstić information content (AvgIpc) is 2.42. The number of carbonyl (C=O) groups is 1. The van der Waals surface area contributed by atoms with Crippen LogP contribution >= 0.6 is 11.8 Å². The molecule has 0 bridgehead atoms. The van der Waals surface area contributed by atoms with E-state index in [4.69, 9.17) is 0 Å². The molecule has 0 fully saturated rings. The van der Waals surface area contributed by atoms with Gasteiger partial charge in [0.1, 0.15) is 0 Å². The molecule has 0 aliphatic rings. The van der Waals surface area contributed by atoms with E-state index in [1.54, 1.807) is 36.0 Å². The molecule has 1 N–H and O–H groups in total. The van der Waals surface area contributed by atoms with E-state index in [-0.39, 0.29) is 10.5 Å². The van der Waals surface area contributed by atoms with E-state index in [0.29, 0.717) is 17.7 Å². The van der Waals surface area contributed by atoms with Crippen molar-refractivity contribution in [2.75, 3.05) is 19.4 Å². The molecule has 22 heavy (non-hydrogen) atoms. The molecule has 0 heterocycles. The Balaban J connectivity index is 2.52. The Morgan fingerprint density at radius 1 is 1.23 bits per heavy atom. The van der Waals surface area contributed by atoms with E-state index in [1.807, 2.05) is 0 Å². The minimum absolute atomic E-state index is 0.103. The van der Waals surface area contributed by atoms with Gasteiger partial charge in [0.15, 0.2) is 0 Å². The molecule has 7 heteroatoms. The third-order valence-corrected chi connectivity index (χ3v) is 5.32. The zero-order valence-corrected chi connectivity index (χ0v) is 15.0. The lowest BCUT2D eigenvalue weighted by atomic mass is 10.1. The van der Waals surface area contributed by atoms with Crippen LogP contribution in [0.3, 0.4) is 0 Å². The Bertz CT molecular complexity index is 589. The fourth-order valence-corrected chi connectivity index (χ4v) is 3.77. The first-order valence-electron chi connectivity index (χ1n) is 6.91. The normalized spacial score (nSPS) is 12.2. The lowest BCUT2D eigenvalue weighted by molar-refractivity contribution is 0.0600. The summed E-state index contributed by atoms with van der Waals surface area (Å²) in [6, 6.07) is 6.36. The van der Waals surface area contributed by atoms with Crippen molar-refractivity contribution in [3.8, 4) is 0 Å². The van der Waals surface area contributed by atoms with Crippen LogP contribution in [0.4, 0.5) is 0 Å². The van der Waals surface area contributed by atoms with Crippen molar-refractivity contribution in [1.82, 2.24) is 4.72 Å². The molecular formula is C15H23NO4S2. The number of esters is 1. The van der Waals surface area contributed by atoms with Gasteiger partial charge in [-0.25, -0.2) is 17.9 Å². The van der Waals surface area contributed by atoms with Crippen molar-refractivity contribution in [3.05, 3.63) is 35.4 Å². The minimum Gasteiger partial charge on any atom is -0.465 e. The van der Waals surface area contributed by atoms with Gasteiger partial charge in [0.25, 0.3) is 0 Å². The number of rotatable bonds is 7. The summed E-state index contributed by atoms with van der Waals surface area (Å²) in [5.41, 5.74) is 1.03. The fraction of sp³-hybridized carbons (Fsp3) is 0.533. The summed E-state index contributed by atoms with van der Waals surface area (Å²) in [6.45, 7) is 6.68. The monoisotopic (exact) mass is 345 g/mol. The highest BCUT2D eigenvalue weighted by Crippen LogP contribution is 2.22. The standard InChI is InChI=1S/C15H23NO4S2/c1-15(2,3)21-10-9-16-22(18,19)11-12-5-7-13(8-6-12)14(17)20-4/h5-8,16H,9-11H2,1-4H3. The number of hydrogen-bond donors (Lipinski definition) is 1. The van der Waals surface area contributed by atoms with Crippen molar-refractivity contribution < 1.29 is 17.9 Å². The molecule has 124 valence electrons. The maximum Gasteiger partial charge on any atom is 0.337 e. The molecule has 1 rings (SSSR count). The smallest absolute Gasteiger partial charge is 0.337 e. The second-order valence-corrected chi connectivity index (χ2v) is 9.53. The van der Waals surface area contributed by atoms with Crippen LogP contribution in [0.25, 0.3) is 0 Å². The number of methoxy groups -OCH3 is 1. The summed E-state index contributed by atoms with van der Waals surface area (Å²) >= 11 is 1.71. The van der Waals surface area contributed by atoms with Gasteiger partial charge < -0.3 is 4.74 Å². The summed E-state index contributed by atoms with van der Waals surface area (Å²) in [4.78, 5) is 11.3. The molecule has 1 aromatic rings. The van der Waals surface area contributed by atoms with E-state index in [0.717, 1.165) is 5.75 Å². The number of carbonyl (C=O) groups excluding carboxylic acids is 1. The summed E-state index contributed by atoms with van der Waals surface area (Å²) in [7, 11) is -2.06. The minimum atomic E-state index is -3.37. The highest BCUT2D eigenvalue weighted by molar-refractivity contribution is 8.00. The van der Waals surface area contributed by atoms with Crippen molar-refractivity contribution in [2.24, 2.45) is 0 Å². The molecule has 0 amide bonds. The maximum atomic E-state index is 12.0. The van der Waals surface area contributed by atoms with Crippen LogP contribution in [0.15, 0.2) is 24.3 Å². The molecule has 0 unspecified atom stereocenters. The summed E-state index contributed by atoms with van der Waals surface area (Å²) in [5, 5.41) is 0. The predicted molar refractivity (Wildman–Crippen MR) is 90.6 cm³/mol. The number of hydrogen-bond acceptors (Lipinski definition) is 5. The van der Waals surface area contributed by atoms with Gasteiger partial charge in [0, 0.05) is 17.0 Å². The molecule has 0 saturated heterocycles. The Kier molecular flexibility index (Phi) is 6.90. The Hall–Kier alpha value is -1.05. The predicted octanol–water partition coefficient (Wildman–Crippen LogP) is 2.42. The number of nitrogens with one attached hydrogen (secondary N) is 1. The zero-order valence-electron chi connectivity index (χ0n) is 13.4. The number of sulfonamides is 1. The van der Waals surface area contributed by atoms with Gasteiger partial charge >= 0.3 is 5.97 Å². The molecule has 0 aliphatic carbocycles. The van der Waals surface area contributed by atoms with E-state index >= 15 is 0 Å². The highest BCUT2D eigenvalue weighted by Gasteiger charge is 2.14. The van der Waals surface area contributed by atoms with Gasteiger partial charge in [-0.1, -0.05) is 32.9 Å². The van der Waals surface area contributed by atoms with Crippen molar-refractivity contribution >= 4 is 27.8 Å². The Labute approximate surface area is 136 Å². The van der Waals surface area contributed by atoms with Crippen LogP contribution in [0.1, 0.15) is 36.7 Å². The second-order valence-electron chi connectivity index (χ2n) is 5.80. The van der Waals surface area contributed by atoms with Gasteiger partial charge in [-0.05, 0) is 17.7 Å². The first kappa shape index (κ1) is 19.0. The third kappa shape index (κ3) is 7.29. The summed E-state index contributed by atoms with van der Waals surface area (Å²) < 4.78 is 31.3. The molecular weight excluding hydrogens is 322 g/mol. The molecule has 0 saturated carbocycles. The van der Waals surface area contributed by atoms with Crippen molar-refractivity contribution in [3.63, 3.8) is 0 Å². The van der Waals surface area contributed by atoms with Gasteiger partial charge in [-0.2, -0.15) is 11.8 Å². The number of thioether (sulfide) groups is 1. The van der Waals surface area contributed by atoms with E-state index < -0.39 is 16.0 Å². The SMILES string of the molecule is COC(=O)c1ccc(CS(=O)(=O)NCCSC(C)(C)C)cc1. The van der Waals surface area contributed by atoms with Crippen LogP contribution in [0.2, 0.25) is 0 Å². The third-order valence-electron chi connectivity index (χ3n) is 2.69. The van der Waals surface area contributed by atoms with Gasteiger partial charge in [-0.15, -0.1) is 0 Å². The van der Waals surface area contributed by atoms with E-state index in [9.17, 15) is 13.2 Å². The van der Waals surface area contributed by atoms with Crippen molar-refractivity contribution in [1.29, 1.82) is 0 Å². The summed E-state index contributed by atoms with van der Waals surface area (Å²) in [5.74, 6) is 0.185. The van der Waals surface area contributed by atoms with Crippen LogP contribution in [-0.4, -0.2) is 38.5 Å². The number of ether oxygens (including phenoxy) is 1. The molecule has 0 aliphatic heterocycles. The van der Waals surface area contributed by atoms with E-state index in [2.05, 4.69) is 30.2 Å². The van der Waals surface area contributed by atoms with Crippen LogP contribution in [0, 0.1) is 0 Å². The van der Waals surface area contributed by atoms with Gasteiger partial charge in [0.2, 0.25) is 10.0 Å². The van der Waals surface area contributed by atoms with Crippen LogP contribution in [-0.2, 0) is 20.5 Å². The van der Waals surface area contributed by atoms with Gasteiger partial charge in [0.05, 0.1) is 18.4 Å². The topological polar surface area (TPSA) is 72.5 Å². The Morgan fingerprint density at radius 2 is 1.82 bits per heavy atom. The van der Waals surface area contributed by atoms with Gasteiger partial charge in [-0.3, -0.25) is 0 Å². The largest absolute Gasteiger partial charge is 0.465 e. The first-order chi connectivity index (χ1) is 10.1. The molecule has 0 atom stereocenters. The molecule has 0 aromatic heterocycles. The summed E-state index contributed by atoms with van der Waals surface area (Å²) in [6.07, 6.45) is 0. The zero-order chi connectivity index (χ0) is 16.8. The molecule has 1 aromatic carbocycles. The highest BCUT2D eigenvalue weighted by atomic mass is 32.2. The average molecular weight is 345 g/mol. The Morgan fingerprint density at radius 3 is 2.32 bits per heavy atom. The lowest BCUT2D eigenvalue weighted by Gasteiger charge is -2.17. The maximum absolute atomic E-state index is 12.0. The lowest BCUT2D eigenvalue weighted by Crippen LogP contribution is -2.28. The molecule has 5 nitrogen and oxygen atoms in total. The first-order valence-corrected chi connectivity index (χ1v) is 9.55. The quantitative estimate of drug-likeness (QED) is 0.607. The number of benzene rings is 1. The molecule has 0 radical (unpaired) electrons. The van der Waals surface area contributed by atoms with Crippen LogP contribution < -0.4 is 4.72 Å².